The van der Waals surface area contributed by atoms with Gasteiger partial charge in [0.05, 0.1) is 17.7 Å². The van der Waals surface area contributed by atoms with Crippen LogP contribution < -0.4 is 10.3 Å². The highest BCUT2D eigenvalue weighted by atomic mass is 19.1. The Hall–Kier alpha value is -4.50. The number of piperazine rings is 1. The molecule has 6 rings (SSSR count). The minimum atomic E-state index is -1.32. The lowest BCUT2D eigenvalue weighted by Crippen LogP contribution is -2.48. The highest BCUT2D eigenvalue weighted by Gasteiger charge is 2.29. The maximum atomic E-state index is 15.3. The monoisotopic (exact) mass is 555 g/mol. The number of hydrogen-bond acceptors (Lipinski definition) is 6. The molecule has 1 saturated carbocycles. The molecule has 1 N–H and O–H groups in total. The van der Waals surface area contributed by atoms with Crippen LogP contribution in [-0.4, -0.2) is 59.2 Å². The first-order valence-electron chi connectivity index (χ1n) is 13.8. The fourth-order valence-electron chi connectivity index (χ4n) is 5.49. The molecule has 0 amide bonds. The van der Waals surface area contributed by atoms with Gasteiger partial charge in [-0.05, 0) is 36.1 Å². The number of rotatable bonds is 8. The van der Waals surface area contributed by atoms with Gasteiger partial charge in [0, 0.05) is 43.8 Å². The lowest BCUT2D eigenvalue weighted by atomic mass is 10.0. The number of aromatic carboxylic acids is 1. The molecule has 2 heterocycles. The Morgan fingerprint density at radius 2 is 1.54 bits per heavy atom. The highest BCUT2D eigenvalue weighted by molar-refractivity contribution is 5.93. The number of hydrogen-bond donors (Lipinski definition) is 1. The SMILES string of the molecule is O=C(CN1CCN(c2cc3c(cc2F)c(=O)c(C(=O)O)cn3C2CC2)CC1)OC(c1ccccc1)c1ccccc1. The van der Waals surface area contributed by atoms with Crippen molar-refractivity contribution in [3.8, 4) is 0 Å². The summed E-state index contributed by atoms with van der Waals surface area (Å²) >= 11 is 0. The number of carbonyl (C=O) groups excluding carboxylic acids is 1. The summed E-state index contributed by atoms with van der Waals surface area (Å²) in [6.45, 7) is 2.14. The molecular weight excluding hydrogens is 525 g/mol. The first-order valence-corrected chi connectivity index (χ1v) is 13.8. The Bertz CT molecular complexity index is 1610. The second-order valence-electron chi connectivity index (χ2n) is 10.6. The standard InChI is InChI=1S/C32H30FN3O5/c33-26-17-24-27(36(23-11-12-23)19-25(30(24)38)32(39)40)18-28(26)35-15-13-34(14-16-35)20-29(37)41-31(21-7-3-1-4-8-21)22-9-5-2-6-10-22/h1-10,17-19,23,31H,11-16,20H2,(H,39,40). The van der Waals surface area contributed by atoms with Gasteiger partial charge in [-0.25, -0.2) is 9.18 Å². The molecule has 4 aromatic rings. The van der Waals surface area contributed by atoms with Crippen LogP contribution in [0.25, 0.3) is 10.9 Å². The van der Waals surface area contributed by atoms with Crippen molar-refractivity contribution in [2.24, 2.45) is 0 Å². The van der Waals surface area contributed by atoms with Crippen molar-refractivity contribution in [2.45, 2.75) is 25.0 Å². The highest BCUT2D eigenvalue weighted by Crippen LogP contribution is 2.38. The van der Waals surface area contributed by atoms with Gasteiger partial charge < -0.3 is 19.3 Å². The molecule has 1 aliphatic heterocycles. The molecule has 210 valence electrons. The van der Waals surface area contributed by atoms with Gasteiger partial charge in [0.25, 0.3) is 0 Å². The molecule has 2 fully saturated rings. The van der Waals surface area contributed by atoms with E-state index in [0.717, 1.165) is 30.0 Å². The van der Waals surface area contributed by atoms with Gasteiger partial charge >= 0.3 is 11.9 Å². The summed E-state index contributed by atoms with van der Waals surface area (Å²) in [5.74, 6) is -2.22. The van der Waals surface area contributed by atoms with E-state index in [9.17, 15) is 19.5 Å². The number of carbonyl (C=O) groups is 2. The van der Waals surface area contributed by atoms with Crippen LogP contribution in [0.1, 0.15) is 46.5 Å². The number of nitrogens with zero attached hydrogens (tertiary/aromatic N) is 3. The van der Waals surface area contributed by atoms with Crippen molar-refractivity contribution in [3.05, 3.63) is 112 Å². The molecule has 3 aromatic carbocycles. The number of carboxylic acid groups (broad SMARTS) is 1. The minimum absolute atomic E-state index is 0.0748. The maximum Gasteiger partial charge on any atom is 0.341 e. The van der Waals surface area contributed by atoms with E-state index >= 15 is 4.39 Å². The summed E-state index contributed by atoms with van der Waals surface area (Å²) < 4.78 is 23.1. The number of carboxylic acids is 1. The van der Waals surface area contributed by atoms with Crippen molar-refractivity contribution in [2.75, 3.05) is 37.6 Å². The topological polar surface area (TPSA) is 92.1 Å². The molecular formula is C32H30FN3O5. The molecule has 0 atom stereocenters. The third kappa shape index (κ3) is 5.58. The van der Waals surface area contributed by atoms with Crippen LogP contribution in [0.4, 0.5) is 10.1 Å². The average molecular weight is 556 g/mol. The van der Waals surface area contributed by atoms with Crippen molar-refractivity contribution in [1.29, 1.82) is 0 Å². The van der Waals surface area contributed by atoms with Crippen LogP contribution in [0.15, 0.2) is 83.8 Å². The van der Waals surface area contributed by atoms with Crippen LogP contribution in [0.2, 0.25) is 0 Å². The number of esters is 1. The Balaban J connectivity index is 1.16. The van der Waals surface area contributed by atoms with E-state index in [4.69, 9.17) is 4.74 Å². The number of fused-ring (bicyclic) bond motifs is 1. The van der Waals surface area contributed by atoms with Gasteiger partial charge in [-0.15, -0.1) is 0 Å². The number of ether oxygens (including phenoxy) is 1. The molecule has 0 spiro atoms. The van der Waals surface area contributed by atoms with Gasteiger partial charge in [0.15, 0.2) is 6.10 Å². The van der Waals surface area contributed by atoms with Crippen molar-refractivity contribution >= 4 is 28.5 Å². The Morgan fingerprint density at radius 3 is 2.10 bits per heavy atom. The first-order chi connectivity index (χ1) is 19.9. The third-order valence-corrected chi connectivity index (χ3v) is 7.79. The predicted molar refractivity (Wildman–Crippen MR) is 153 cm³/mol. The number of halogens is 1. The van der Waals surface area contributed by atoms with Crippen LogP contribution in [0.5, 0.6) is 0 Å². The van der Waals surface area contributed by atoms with Crippen LogP contribution >= 0.6 is 0 Å². The largest absolute Gasteiger partial charge is 0.477 e. The third-order valence-electron chi connectivity index (χ3n) is 7.79. The van der Waals surface area contributed by atoms with E-state index in [1.54, 1.807) is 10.6 Å². The summed E-state index contributed by atoms with van der Waals surface area (Å²) in [5.41, 5.74) is 1.66. The van der Waals surface area contributed by atoms with Gasteiger partial charge in [-0.1, -0.05) is 60.7 Å². The molecule has 2 aliphatic rings. The summed E-state index contributed by atoms with van der Waals surface area (Å²) in [5, 5.41) is 9.55. The van der Waals surface area contributed by atoms with Gasteiger partial charge in [0.2, 0.25) is 5.43 Å². The molecule has 0 bridgehead atoms. The van der Waals surface area contributed by atoms with E-state index in [1.165, 1.54) is 6.20 Å². The fraction of sp³-hybridized carbons (Fsp3) is 0.281. The van der Waals surface area contributed by atoms with E-state index < -0.39 is 23.3 Å². The van der Waals surface area contributed by atoms with Gasteiger partial charge in [-0.3, -0.25) is 14.5 Å². The minimum Gasteiger partial charge on any atom is -0.477 e. The molecule has 0 unspecified atom stereocenters. The zero-order chi connectivity index (χ0) is 28.5. The van der Waals surface area contributed by atoms with Crippen LogP contribution in [0, 0.1) is 5.82 Å². The molecule has 1 aromatic heterocycles. The van der Waals surface area contributed by atoms with E-state index in [2.05, 4.69) is 0 Å². The van der Waals surface area contributed by atoms with Crippen LogP contribution in [-0.2, 0) is 9.53 Å². The second kappa shape index (κ2) is 11.2. The lowest BCUT2D eigenvalue weighted by molar-refractivity contribution is -0.149. The van der Waals surface area contributed by atoms with Crippen molar-refractivity contribution in [3.63, 3.8) is 0 Å². The first kappa shape index (κ1) is 26.7. The summed E-state index contributed by atoms with van der Waals surface area (Å²) in [7, 11) is 0. The smallest absolute Gasteiger partial charge is 0.341 e. The molecule has 41 heavy (non-hydrogen) atoms. The van der Waals surface area contributed by atoms with Crippen molar-refractivity contribution < 1.29 is 23.8 Å². The van der Waals surface area contributed by atoms with Crippen LogP contribution in [0.3, 0.4) is 0 Å². The molecule has 1 saturated heterocycles. The maximum absolute atomic E-state index is 15.3. The van der Waals surface area contributed by atoms with E-state index in [0.29, 0.717) is 37.4 Å². The molecule has 9 heteroatoms. The summed E-state index contributed by atoms with van der Waals surface area (Å²) in [6.07, 6.45) is 2.64. The Morgan fingerprint density at radius 1 is 0.927 bits per heavy atom. The summed E-state index contributed by atoms with van der Waals surface area (Å²) in [4.78, 5) is 41.3. The molecule has 8 nitrogen and oxygen atoms in total. The molecule has 0 radical (unpaired) electrons. The van der Waals surface area contributed by atoms with E-state index in [-0.39, 0.29) is 29.5 Å². The van der Waals surface area contributed by atoms with E-state index in [1.807, 2.05) is 70.5 Å². The normalized spacial score (nSPS) is 15.8. The Labute approximate surface area is 236 Å². The average Bonchev–Trinajstić information content (AvgIpc) is 3.83. The number of pyridine rings is 1. The molecule has 1 aliphatic carbocycles. The lowest BCUT2D eigenvalue weighted by Gasteiger charge is -2.36. The zero-order valence-corrected chi connectivity index (χ0v) is 22.4. The fourth-order valence-corrected chi connectivity index (χ4v) is 5.49. The number of anilines is 1. The number of benzene rings is 3. The van der Waals surface area contributed by atoms with Crippen molar-refractivity contribution in [1.82, 2.24) is 9.47 Å². The van der Waals surface area contributed by atoms with Gasteiger partial charge in [0.1, 0.15) is 11.4 Å². The Kier molecular flexibility index (Phi) is 7.28. The van der Waals surface area contributed by atoms with Gasteiger partial charge in [-0.2, -0.15) is 0 Å². The zero-order valence-electron chi connectivity index (χ0n) is 22.4. The second-order valence-corrected chi connectivity index (χ2v) is 10.6. The predicted octanol–water partition coefficient (Wildman–Crippen LogP) is 4.63. The summed E-state index contributed by atoms with van der Waals surface area (Å²) in [6, 6.07) is 22.2. The quantitative estimate of drug-likeness (QED) is 0.317. The number of aromatic nitrogens is 1.